The maximum Gasteiger partial charge on any atom is 0.337 e. The van der Waals surface area contributed by atoms with Crippen molar-refractivity contribution in [3.05, 3.63) is 58.7 Å². The van der Waals surface area contributed by atoms with E-state index in [4.69, 9.17) is 14.2 Å². The second-order valence-corrected chi connectivity index (χ2v) is 6.56. The second kappa shape index (κ2) is 9.73. The van der Waals surface area contributed by atoms with Gasteiger partial charge < -0.3 is 19.5 Å². The van der Waals surface area contributed by atoms with Gasteiger partial charge in [0.05, 0.1) is 25.3 Å². The Balaban J connectivity index is 2.28. The van der Waals surface area contributed by atoms with Crippen LogP contribution < -0.4 is 10.1 Å². The van der Waals surface area contributed by atoms with E-state index in [1.807, 2.05) is 39.0 Å². The predicted octanol–water partition coefficient (Wildman–Crippen LogP) is 3.67. The minimum Gasteiger partial charge on any atom is -0.480 e. The van der Waals surface area contributed by atoms with Gasteiger partial charge in [-0.3, -0.25) is 4.79 Å². The molecule has 0 bridgehead atoms. The number of hydrogen-bond acceptors (Lipinski definition) is 6. The van der Waals surface area contributed by atoms with Crippen LogP contribution in [0.5, 0.6) is 5.75 Å². The van der Waals surface area contributed by atoms with Crippen LogP contribution in [0.3, 0.4) is 0 Å². The van der Waals surface area contributed by atoms with Crippen LogP contribution in [-0.4, -0.2) is 38.2 Å². The van der Waals surface area contributed by atoms with E-state index >= 15 is 0 Å². The predicted molar refractivity (Wildman–Crippen MR) is 108 cm³/mol. The minimum atomic E-state index is -0.751. The number of anilines is 1. The van der Waals surface area contributed by atoms with Gasteiger partial charge >= 0.3 is 11.9 Å². The Morgan fingerprint density at radius 2 is 1.52 bits per heavy atom. The molecular formula is C22H25NO6. The van der Waals surface area contributed by atoms with E-state index in [2.05, 4.69) is 5.32 Å². The molecule has 1 N–H and O–H groups in total. The standard InChI is InChI=1S/C22H25NO6/c1-6-18(29-19-9-13(2)7-8-14(19)3)20(24)23-17-11-15(21(25)27-4)10-16(12-17)22(26)28-5/h7-12,18H,6H2,1-5H3,(H,23,24). The van der Waals surface area contributed by atoms with E-state index < -0.39 is 23.9 Å². The molecule has 1 atom stereocenters. The summed E-state index contributed by atoms with van der Waals surface area (Å²) in [6, 6.07) is 9.98. The molecule has 1 unspecified atom stereocenters. The molecule has 0 fully saturated rings. The summed E-state index contributed by atoms with van der Waals surface area (Å²) in [6.45, 7) is 5.68. The first-order valence-electron chi connectivity index (χ1n) is 9.15. The smallest absolute Gasteiger partial charge is 0.337 e. The Labute approximate surface area is 170 Å². The van der Waals surface area contributed by atoms with Crippen molar-refractivity contribution in [2.75, 3.05) is 19.5 Å². The van der Waals surface area contributed by atoms with Gasteiger partial charge in [-0.2, -0.15) is 0 Å². The first-order valence-corrected chi connectivity index (χ1v) is 9.15. The highest BCUT2D eigenvalue weighted by Crippen LogP contribution is 2.22. The summed E-state index contributed by atoms with van der Waals surface area (Å²) in [4.78, 5) is 36.6. The van der Waals surface area contributed by atoms with E-state index in [0.29, 0.717) is 12.2 Å². The fourth-order valence-electron chi connectivity index (χ4n) is 2.70. The van der Waals surface area contributed by atoms with Crippen molar-refractivity contribution in [3.8, 4) is 5.75 Å². The maximum absolute atomic E-state index is 12.8. The molecule has 0 radical (unpaired) electrons. The lowest BCUT2D eigenvalue weighted by atomic mass is 10.1. The summed E-state index contributed by atoms with van der Waals surface area (Å²) in [5, 5.41) is 2.71. The zero-order valence-electron chi connectivity index (χ0n) is 17.2. The fraction of sp³-hybridized carbons (Fsp3) is 0.318. The van der Waals surface area contributed by atoms with Gasteiger partial charge in [0, 0.05) is 5.69 Å². The van der Waals surface area contributed by atoms with Crippen LogP contribution >= 0.6 is 0 Å². The monoisotopic (exact) mass is 399 g/mol. The molecule has 2 aromatic rings. The van der Waals surface area contributed by atoms with E-state index in [9.17, 15) is 14.4 Å². The normalized spacial score (nSPS) is 11.3. The van der Waals surface area contributed by atoms with Gasteiger partial charge in [0.25, 0.3) is 5.91 Å². The van der Waals surface area contributed by atoms with Gasteiger partial charge in [0.2, 0.25) is 0 Å². The zero-order valence-corrected chi connectivity index (χ0v) is 17.2. The summed E-state index contributed by atoms with van der Waals surface area (Å²) >= 11 is 0. The number of nitrogens with one attached hydrogen (secondary N) is 1. The number of esters is 2. The topological polar surface area (TPSA) is 90.9 Å². The van der Waals surface area contributed by atoms with Crippen LogP contribution in [0, 0.1) is 13.8 Å². The third-order valence-corrected chi connectivity index (χ3v) is 4.32. The quantitative estimate of drug-likeness (QED) is 0.715. The highest BCUT2D eigenvalue weighted by atomic mass is 16.5. The first-order chi connectivity index (χ1) is 13.8. The molecule has 154 valence electrons. The molecule has 29 heavy (non-hydrogen) atoms. The third-order valence-electron chi connectivity index (χ3n) is 4.32. The number of ether oxygens (including phenoxy) is 3. The van der Waals surface area contributed by atoms with E-state index in [-0.39, 0.29) is 16.8 Å². The molecule has 0 aromatic heterocycles. The van der Waals surface area contributed by atoms with Crippen LogP contribution in [0.25, 0.3) is 0 Å². The molecule has 0 saturated heterocycles. The number of benzene rings is 2. The SMILES string of the molecule is CCC(Oc1cc(C)ccc1C)C(=O)Nc1cc(C(=O)OC)cc(C(=O)OC)c1. The number of carbonyl (C=O) groups excluding carboxylic acids is 3. The summed E-state index contributed by atoms with van der Waals surface area (Å²) in [5.74, 6) is -1.04. The molecule has 1 amide bonds. The third kappa shape index (κ3) is 5.57. The molecule has 2 rings (SSSR count). The summed E-state index contributed by atoms with van der Waals surface area (Å²) in [6.07, 6.45) is -0.321. The molecule has 7 nitrogen and oxygen atoms in total. The Hall–Kier alpha value is -3.35. The number of hydrogen-bond donors (Lipinski definition) is 1. The molecule has 0 aliphatic heterocycles. The van der Waals surface area contributed by atoms with Gasteiger partial charge in [-0.05, 0) is 55.7 Å². The number of methoxy groups -OCH3 is 2. The fourth-order valence-corrected chi connectivity index (χ4v) is 2.70. The Morgan fingerprint density at radius 1 is 0.931 bits per heavy atom. The Bertz CT molecular complexity index is 887. The highest BCUT2D eigenvalue weighted by molar-refractivity contribution is 6.00. The number of carbonyl (C=O) groups is 3. The first kappa shape index (κ1) is 21.9. The van der Waals surface area contributed by atoms with Crippen LogP contribution in [0.2, 0.25) is 0 Å². The summed E-state index contributed by atoms with van der Waals surface area (Å²) in [5.41, 5.74) is 2.45. The molecule has 7 heteroatoms. The van der Waals surface area contributed by atoms with Gasteiger partial charge in [-0.15, -0.1) is 0 Å². The largest absolute Gasteiger partial charge is 0.480 e. The van der Waals surface area contributed by atoms with Crippen LogP contribution in [0.1, 0.15) is 45.2 Å². The van der Waals surface area contributed by atoms with Gasteiger partial charge in [0.1, 0.15) is 5.75 Å². The molecule has 0 saturated carbocycles. The van der Waals surface area contributed by atoms with E-state index in [1.165, 1.54) is 32.4 Å². The lowest BCUT2D eigenvalue weighted by Gasteiger charge is -2.19. The molecule has 0 aliphatic carbocycles. The lowest BCUT2D eigenvalue weighted by molar-refractivity contribution is -0.122. The van der Waals surface area contributed by atoms with Crippen LogP contribution in [0.4, 0.5) is 5.69 Å². The Kier molecular flexibility index (Phi) is 7.36. The molecule has 0 spiro atoms. The van der Waals surface area contributed by atoms with Crippen molar-refractivity contribution in [3.63, 3.8) is 0 Å². The molecule has 0 aliphatic rings. The lowest BCUT2D eigenvalue weighted by Crippen LogP contribution is -2.32. The zero-order chi connectivity index (χ0) is 21.6. The maximum atomic E-state index is 12.8. The number of amides is 1. The van der Waals surface area contributed by atoms with Crippen molar-refractivity contribution < 1.29 is 28.6 Å². The van der Waals surface area contributed by atoms with E-state index in [1.54, 1.807) is 0 Å². The highest BCUT2D eigenvalue weighted by Gasteiger charge is 2.21. The number of rotatable bonds is 7. The van der Waals surface area contributed by atoms with Gasteiger partial charge in [-0.1, -0.05) is 19.1 Å². The van der Waals surface area contributed by atoms with Crippen molar-refractivity contribution in [2.24, 2.45) is 0 Å². The average molecular weight is 399 g/mol. The summed E-state index contributed by atoms with van der Waals surface area (Å²) in [7, 11) is 2.47. The van der Waals surface area contributed by atoms with Crippen molar-refractivity contribution in [1.82, 2.24) is 0 Å². The molecule has 0 heterocycles. The van der Waals surface area contributed by atoms with Crippen molar-refractivity contribution >= 4 is 23.5 Å². The number of aryl methyl sites for hydroxylation is 2. The molecular weight excluding hydrogens is 374 g/mol. The Morgan fingerprint density at radius 3 is 2.03 bits per heavy atom. The average Bonchev–Trinajstić information content (AvgIpc) is 2.72. The van der Waals surface area contributed by atoms with E-state index in [0.717, 1.165) is 11.1 Å². The molecule has 2 aromatic carbocycles. The van der Waals surface area contributed by atoms with Crippen LogP contribution in [0.15, 0.2) is 36.4 Å². The van der Waals surface area contributed by atoms with Crippen LogP contribution in [-0.2, 0) is 14.3 Å². The minimum absolute atomic E-state index is 0.120. The summed E-state index contributed by atoms with van der Waals surface area (Å²) < 4.78 is 15.3. The van der Waals surface area contributed by atoms with Gasteiger partial charge in [-0.25, -0.2) is 9.59 Å². The van der Waals surface area contributed by atoms with Gasteiger partial charge in [0.15, 0.2) is 6.10 Å². The van der Waals surface area contributed by atoms with Crippen molar-refractivity contribution in [2.45, 2.75) is 33.3 Å². The van der Waals surface area contributed by atoms with Crippen molar-refractivity contribution in [1.29, 1.82) is 0 Å². The second-order valence-electron chi connectivity index (χ2n) is 6.56.